The van der Waals surface area contributed by atoms with Gasteiger partial charge in [-0.25, -0.2) is 4.68 Å². The Kier molecular flexibility index (Phi) is 5.29. The van der Waals surface area contributed by atoms with E-state index in [9.17, 15) is 5.26 Å². The molecular weight excluding hydrogens is 348 g/mol. The fourth-order valence-corrected chi connectivity index (χ4v) is 3.76. The molecule has 1 N–H and O–H groups in total. The second-order valence-electron chi connectivity index (χ2n) is 7.05. The Morgan fingerprint density at radius 1 is 1.11 bits per heavy atom. The first-order chi connectivity index (χ1) is 13.8. The van der Waals surface area contributed by atoms with Crippen LogP contribution in [-0.2, 0) is 19.3 Å². The Balaban J connectivity index is 1.67. The Labute approximate surface area is 165 Å². The van der Waals surface area contributed by atoms with Gasteiger partial charge in [0.1, 0.15) is 17.6 Å². The molecule has 28 heavy (non-hydrogen) atoms. The van der Waals surface area contributed by atoms with Gasteiger partial charge in [0.15, 0.2) is 0 Å². The van der Waals surface area contributed by atoms with Crippen molar-refractivity contribution >= 4 is 5.82 Å². The van der Waals surface area contributed by atoms with Crippen molar-refractivity contribution in [2.24, 2.45) is 0 Å². The fraction of sp³-hybridized carbons (Fsp3) is 0.304. The van der Waals surface area contributed by atoms with E-state index in [1.165, 1.54) is 11.1 Å². The second kappa shape index (κ2) is 8.18. The van der Waals surface area contributed by atoms with Crippen molar-refractivity contribution in [1.29, 1.82) is 5.26 Å². The number of rotatable bonds is 5. The van der Waals surface area contributed by atoms with Gasteiger partial charge in [0.05, 0.1) is 24.1 Å². The van der Waals surface area contributed by atoms with Crippen LogP contribution < -0.4 is 10.1 Å². The maximum absolute atomic E-state index is 9.52. The summed E-state index contributed by atoms with van der Waals surface area (Å²) >= 11 is 0. The summed E-state index contributed by atoms with van der Waals surface area (Å²) in [6.45, 7) is 0.936. The lowest BCUT2D eigenvalue weighted by Gasteiger charge is -2.10. The molecule has 0 saturated heterocycles. The number of nitrogens with one attached hydrogen (secondary N) is 1. The average Bonchev–Trinajstić information content (AvgIpc) is 2.91. The number of nitriles is 1. The predicted octanol–water partition coefficient (Wildman–Crippen LogP) is 4.29. The Morgan fingerprint density at radius 2 is 1.93 bits per heavy atom. The van der Waals surface area contributed by atoms with Gasteiger partial charge in [0.2, 0.25) is 0 Å². The van der Waals surface area contributed by atoms with Crippen LogP contribution in [0.3, 0.4) is 0 Å². The lowest BCUT2D eigenvalue weighted by atomic mass is 10.0. The molecule has 0 unspecified atom stereocenters. The molecule has 3 aromatic rings. The largest absolute Gasteiger partial charge is 0.497 e. The number of aryl methyl sites for hydroxylation is 2. The average molecular weight is 372 g/mol. The maximum atomic E-state index is 9.52. The Hall–Kier alpha value is -3.26. The van der Waals surface area contributed by atoms with E-state index in [4.69, 9.17) is 9.84 Å². The monoisotopic (exact) mass is 372 g/mol. The van der Waals surface area contributed by atoms with Crippen molar-refractivity contribution < 1.29 is 4.74 Å². The molecule has 0 bridgehead atoms. The summed E-state index contributed by atoms with van der Waals surface area (Å²) in [5, 5.41) is 18.0. The Bertz CT molecular complexity index is 998. The lowest BCUT2D eigenvalue weighted by Crippen LogP contribution is -2.08. The van der Waals surface area contributed by atoms with E-state index in [1.807, 2.05) is 41.1 Å². The topological polar surface area (TPSA) is 62.9 Å². The van der Waals surface area contributed by atoms with E-state index in [-0.39, 0.29) is 0 Å². The molecule has 1 aliphatic heterocycles. The van der Waals surface area contributed by atoms with E-state index < -0.39 is 0 Å². The molecule has 142 valence electrons. The van der Waals surface area contributed by atoms with Crippen molar-refractivity contribution in [2.75, 3.05) is 19.0 Å². The molecule has 2 aromatic carbocycles. The highest BCUT2D eigenvalue weighted by Crippen LogP contribution is 2.30. The molecule has 1 aromatic heterocycles. The highest BCUT2D eigenvalue weighted by atomic mass is 16.5. The first-order valence-electron chi connectivity index (χ1n) is 9.77. The summed E-state index contributed by atoms with van der Waals surface area (Å²) in [5.74, 6) is 1.92. The summed E-state index contributed by atoms with van der Waals surface area (Å²) in [6.07, 6.45) is 5.12. The number of ether oxygens (including phenoxy) is 1. The molecule has 2 heterocycles. The third-order valence-corrected chi connectivity index (χ3v) is 5.27. The molecule has 0 radical (unpaired) electrons. The van der Waals surface area contributed by atoms with Gasteiger partial charge < -0.3 is 10.1 Å². The first-order valence-corrected chi connectivity index (χ1v) is 9.77. The molecule has 0 atom stereocenters. The minimum absolute atomic E-state index is 0.639. The van der Waals surface area contributed by atoms with Crippen molar-refractivity contribution in [2.45, 2.75) is 32.1 Å². The first kappa shape index (κ1) is 18.1. The van der Waals surface area contributed by atoms with Gasteiger partial charge in [-0.1, -0.05) is 24.3 Å². The minimum Gasteiger partial charge on any atom is -0.497 e. The summed E-state index contributed by atoms with van der Waals surface area (Å²) < 4.78 is 7.18. The van der Waals surface area contributed by atoms with Crippen LogP contribution in [0, 0.1) is 11.3 Å². The zero-order valence-electron chi connectivity index (χ0n) is 16.1. The van der Waals surface area contributed by atoms with E-state index in [0.29, 0.717) is 5.56 Å². The zero-order valence-corrected chi connectivity index (χ0v) is 16.1. The number of aromatic nitrogens is 2. The highest BCUT2D eigenvalue weighted by molar-refractivity contribution is 5.58. The smallest absolute Gasteiger partial charge is 0.133 e. The van der Waals surface area contributed by atoms with Crippen molar-refractivity contribution in [3.05, 3.63) is 70.9 Å². The zero-order chi connectivity index (χ0) is 19.3. The van der Waals surface area contributed by atoms with Gasteiger partial charge >= 0.3 is 0 Å². The number of hydrogen-bond donors (Lipinski definition) is 1. The molecule has 0 amide bonds. The number of fused-ring (bicyclic) bond motifs is 1. The van der Waals surface area contributed by atoms with Crippen molar-refractivity contribution in [3.63, 3.8) is 0 Å². The highest BCUT2D eigenvalue weighted by Gasteiger charge is 2.21. The van der Waals surface area contributed by atoms with Crippen molar-refractivity contribution in [3.8, 4) is 17.5 Å². The number of anilines is 1. The van der Waals surface area contributed by atoms with Crippen LogP contribution in [0.5, 0.6) is 5.75 Å². The van der Waals surface area contributed by atoms with Gasteiger partial charge in [0, 0.05) is 12.1 Å². The maximum Gasteiger partial charge on any atom is 0.133 e. The molecule has 0 fully saturated rings. The molecule has 5 nitrogen and oxygen atoms in total. The van der Waals surface area contributed by atoms with Gasteiger partial charge in [-0.15, -0.1) is 0 Å². The van der Waals surface area contributed by atoms with E-state index in [0.717, 1.165) is 61.6 Å². The normalized spacial score (nSPS) is 13.1. The van der Waals surface area contributed by atoms with Gasteiger partial charge in [0.25, 0.3) is 0 Å². The summed E-state index contributed by atoms with van der Waals surface area (Å²) in [4.78, 5) is 0. The molecular formula is C23H24N4O. The van der Waals surface area contributed by atoms with Crippen LogP contribution in [0.2, 0.25) is 0 Å². The van der Waals surface area contributed by atoms with Gasteiger partial charge in [-0.3, -0.25) is 0 Å². The summed E-state index contributed by atoms with van der Waals surface area (Å²) in [6, 6.07) is 18.2. The fourth-order valence-electron chi connectivity index (χ4n) is 3.76. The molecule has 0 saturated carbocycles. The quantitative estimate of drug-likeness (QED) is 0.726. The SMILES string of the molecule is COc1ccc(CCc2nn(-c3ccccc3C#N)c3c2CCCCN3)cc1. The third-order valence-electron chi connectivity index (χ3n) is 5.27. The van der Waals surface area contributed by atoms with E-state index in [2.05, 4.69) is 23.5 Å². The number of hydrogen-bond acceptors (Lipinski definition) is 4. The number of methoxy groups -OCH3 is 1. The van der Waals surface area contributed by atoms with Crippen LogP contribution in [0.15, 0.2) is 48.5 Å². The van der Waals surface area contributed by atoms with Crippen LogP contribution in [0.25, 0.3) is 5.69 Å². The van der Waals surface area contributed by atoms with Crippen LogP contribution in [0.4, 0.5) is 5.82 Å². The standard InChI is InChI=1S/C23H24N4O/c1-28-19-12-9-17(10-13-19)11-14-21-20-7-4-5-15-25-23(20)27(26-21)22-8-3-2-6-18(22)16-24/h2-3,6,8-10,12-13,25H,4-5,7,11,14-15H2,1H3. The van der Waals surface area contributed by atoms with Gasteiger partial charge in [-0.2, -0.15) is 10.4 Å². The van der Waals surface area contributed by atoms with E-state index >= 15 is 0 Å². The lowest BCUT2D eigenvalue weighted by molar-refractivity contribution is 0.414. The minimum atomic E-state index is 0.639. The predicted molar refractivity (Wildman–Crippen MR) is 110 cm³/mol. The molecule has 5 heteroatoms. The van der Waals surface area contributed by atoms with Gasteiger partial charge in [-0.05, 0) is 61.9 Å². The number of nitrogens with zero attached hydrogens (tertiary/aromatic N) is 3. The number of benzene rings is 2. The Morgan fingerprint density at radius 3 is 2.71 bits per heavy atom. The number of para-hydroxylation sites is 1. The second-order valence-corrected chi connectivity index (χ2v) is 7.05. The summed E-state index contributed by atoms with van der Waals surface area (Å²) in [5.41, 5.74) is 5.15. The van der Waals surface area contributed by atoms with Crippen LogP contribution >= 0.6 is 0 Å². The van der Waals surface area contributed by atoms with Crippen molar-refractivity contribution in [1.82, 2.24) is 9.78 Å². The van der Waals surface area contributed by atoms with Crippen LogP contribution in [-0.4, -0.2) is 23.4 Å². The third kappa shape index (κ3) is 3.59. The molecule has 1 aliphatic rings. The molecule has 0 aliphatic carbocycles. The van der Waals surface area contributed by atoms with Crippen LogP contribution in [0.1, 0.15) is 35.2 Å². The molecule has 4 rings (SSSR count). The molecule has 0 spiro atoms. The summed E-state index contributed by atoms with van der Waals surface area (Å²) in [7, 11) is 1.68. The van der Waals surface area contributed by atoms with E-state index in [1.54, 1.807) is 7.11 Å².